The molecule has 2 aromatic rings. The van der Waals surface area contributed by atoms with Crippen molar-refractivity contribution in [2.45, 2.75) is 0 Å². The summed E-state index contributed by atoms with van der Waals surface area (Å²) in [4.78, 5) is 14.2. The second-order valence-corrected chi connectivity index (χ2v) is 3.82. The number of aromatic nitrogens is 2. The van der Waals surface area contributed by atoms with E-state index in [1.165, 1.54) is 5.01 Å². The van der Waals surface area contributed by atoms with Gasteiger partial charge < -0.3 is 14.6 Å². The standard InChI is InChI=1S/C11H11N5O3/c1-15(2)13-10(16(17)18)11-12-9(14-19-11)8-6-4-3-5-7-8/h3-7H,1-2H3/b13-10+. The molecular weight excluding hydrogens is 250 g/mol. The summed E-state index contributed by atoms with van der Waals surface area (Å²) >= 11 is 0. The van der Waals surface area contributed by atoms with Crippen LogP contribution < -0.4 is 0 Å². The van der Waals surface area contributed by atoms with Crippen molar-refractivity contribution in [3.05, 3.63) is 46.3 Å². The molecule has 0 fully saturated rings. The number of hydrazone groups is 1. The molecule has 8 heteroatoms. The first-order chi connectivity index (χ1) is 9.08. The molecule has 1 heterocycles. The molecule has 0 radical (unpaired) electrons. The Morgan fingerprint density at radius 1 is 1.37 bits per heavy atom. The Morgan fingerprint density at radius 3 is 2.63 bits per heavy atom. The number of nitrogens with zero attached hydrogens (tertiary/aromatic N) is 5. The highest BCUT2D eigenvalue weighted by atomic mass is 16.6. The van der Waals surface area contributed by atoms with E-state index in [-0.39, 0.29) is 11.7 Å². The second-order valence-electron chi connectivity index (χ2n) is 3.82. The van der Waals surface area contributed by atoms with Crippen molar-refractivity contribution in [1.29, 1.82) is 0 Å². The number of hydrogen-bond donors (Lipinski definition) is 0. The lowest BCUT2D eigenvalue weighted by Crippen LogP contribution is -2.18. The van der Waals surface area contributed by atoms with Gasteiger partial charge in [0.1, 0.15) is 0 Å². The van der Waals surface area contributed by atoms with Crippen LogP contribution >= 0.6 is 0 Å². The average Bonchev–Trinajstić information content (AvgIpc) is 2.86. The predicted octanol–water partition coefficient (Wildman–Crippen LogP) is 1.24. The molecule has 98 valence electrons. The maximum Gasteiger partial charge on any atom is 0.453 e. The van der Waals surface area contributed by atoms with E-state index in [4.69, 9.17) is 4.52 Å². The van der Waals surface area contributed by atoms with Crippen LogP contribution in [0.25, 0.3) is 11.4 Å². The summed E-state index contributed by atoms with van der Waals surface area (Å²) in [7, 11) is 3.13. The molecule has 0 saturated heterocycles. The number of rotatable bonds is 3. The van der Waals surface area contributed by atoms with Crippen LogP contribution in [0.5, 0.6) is 0 Å². The summed E-state index contributed by atoms with van der Waals surface area (Å²) < 4.78 is 4.88. The topological polar surface area (TPSA) is 97.7 Å². The summed E-state index contributed by atoms with van der Waals surface area (Å²) in [6, 6.07) is 9.04. The molecule has 1 aromatic carbocycles. The third-order valence-electron chi connectivity index (χ3n) is 2.12. The van der Waals surface area contributed by atoms with Crippen LogP contribution in [-0.2, 0) is 0 Å². The second kappa shape index (κ2) is 5.25. The van der Waals surface area contributed by atoms with Crippen LogP contribution in [0.4, 0.5) is 0 Å². The molecule has 0 atom stereocenters. The lowest BCUT2D eigenvalue weighted by Gasteiger charge is -1.96. The molecule has 0 unspecified atom stereocenters. The van der Waals surface area contributed by atoms with Crippen LogP contribution in [0.15, 0.2) is 40.0 Å². The van der Waals surface area contributed by atoms with Crippen molar-refractivity contribution < 1.29 is 9.45 Å². The van der Waals surface area contributed by atoms with Gasteiger partial charge in [0.15, 0.2) is 0 Å². The lowest BCUT2D eigenvalue weighted by atomic mass is 10.2. The third kappa shape index (κ3) is 2.92. The van der Waals surface area contributed by atoms with Gasteiger partial charge >= 0.3 is 11.7 Å². The van der Waals surface area contributed by atoms with E-state index in [1.54, 1.807) is 26.2 Å². The third-order valence-corrected chi connectivity index (χ3v) is 2.12. The summed E-state index contributed by atoms with van der Waals surface area (Å²) in [5.41, 5.74) is 0.713. The zero-order valence-corrected chi connectivity index (χ0v) is 10.3. The average molecular weight is 261 g/mol. The Kier molecular flexibility index (Phi) is 3.51. The van der Waals surface area contributed by atoms with Crippen LogP contribution in [0.1, 0.15) is 5.89 Å². The van der Waals surface area contributed by atoms with Gasteiger partial charge in [-0.25, -0.2) is 5.01 Å². The Balaban J connectivity index is 2.37. The van der Waals surface area contributed by atoms with Gasteiger partial charge in [-0.05, 0) is 4.92 Å². The first-order valence-corrected chi connectivity index (χ1v) is 5.37. The van der Waals surface area contributed by atoms with Crippen LogP contribution in [0.3, 0.4) is 0 Å². The number of nitro groups is 1. The molecule has 8 nitrogen and oxygen atoms in total. The lowest BCUT2D eigenvalue weighted by molar-refractivity contribution is -0.351. The minimum absolute atomic E-state index is 0.224. The van der Waals surface area contributed by atoms with Crippen molar-refractivity contribution in [3.63, 3.8) is 0 Å². The number of benzene rings is 1. The summed E-state index contributed by atoms with van der Waals surface area (Å²) in [6.07, 6.45) is 0. The first kappa shape index (κ1) is 12.7. The van der Waals surface area contributed by atoms with Gasteiger partial charge in [0.2, 0.25) is 5.82 Å². The van der Waals surface area contributed by atoms with E-state index in [9.17, 15) is 10.1 Å². The zero-order valence-electron chi connectivity index (χ0n) is 10.3. The summed E-state index contributed by atoms with van der Waals surface area (Å²) in [5, 5.41) is 19.6. The molecule has 0 aliphatic rings. The van der Waals surface area contributed by atoms with Crippen LogP contribution in [0, 0.1) is 10.1 Å². The van der Waals surface area contributed by atoms with Crippen molar-refractivity contribution >= 4 is 5.84 Å². The fourth-order valence-electron chi connectivity index (χ4n) is 1.37. The molecule has 19 heavy (non-hydrogen) atoms. The molecule has 0 N–H and O–H groups in total. The van der Waals surface area contributed by atoms with Gasteiger partial charge in [0, 0.05) is 19.7 Å². The molecule has 1 aromatic heterocycles. The van der Waals surface area contributed by atoms with Crippen LogP contribution in [-0.4, -0.2) is 40.0 Å². The largest absolute Gasteiger partial charge is 0.453 e. The molecule has 0 aliphatic heterocycles. The molecule has 0 bridgehead atoms. The molecule has 0 aliphatic carbocycles. The maximum absolute atomic E-state index is 10.9. The predicted molar refractivity (Wildman–Crippen MR) is 67.0 cm³/mol. The highest BCUT2D eigenvalue weighted by molar-refractivity contribution is 5.87. The minimum atomic E-state index is -0.664. The fraction of sp³-hybridized carbons (Fsp3) is 0.182. The highest BCUT2D eigenvalue weighted by Gasteiger charge is 2.25. The quantitative estimate of drug-likeness (QED) is 0.357. The van der Waals surface area contributed by atoms with E-state index >= 15 is 0 Å². The zero-order chi connectivity index (χ0) is 13.8. The Labute approximate surface area is 108 Å². The van der Waals surface area contributed by atoms with Gasteiger partial charge in [0.25, 0.3) is 0 Å². The fourth-order valence-corrected chi connectivity index (χ4v) is 1.37. The van der Waals surface area contributed by atoms with Crippen molar-refractivity contribution in [2.75, 3.05) is 14.1 Å². The smallest absolute Gasteiger partial charge is 0.358 e. The number of hydrogen-bond acceptors (Lipinski definition) is 7. The van der Waals surface area contributed by atoms with Gasteiger partial charge in [-0.3, -0.25) is 0 Å². The first-order valence-electron chi connectivity index (χ1n) is 5.37. The Bertz CT molecular complexity index is 606. The monoisotopic (exact) mass is 261 g/mol. The summed E-state index contributed by atoms with van der Waals surface area (Å²) in [6.45, 7) is 0. The molecule has 0 spiro atoms. The van der Waals surface area contributed by atoms with E-state index < -0.39 is 10.8 Å². The minimum Gasteiger partial charge on any atom is -0.358 e. The molecule has 2 rings (SSSR count). The molecule has 0 saturated carbocycles. The Hall–Kier alpha value is -2.77. The molecular formula is C11H11N5O3. The van der Waals surface area contributed by atoms with Crippen molar-refractivity contribution in [1.82, 2.24) is 15.1 Å². The maximum atomic E-state index is 10.9. The number of amidine groups is 1. The Morgan fingerprint density at radius 2 is 2.05 bits per heavy atom. The van der Waals surface area contributed by atoms with Gasteiger partial charge in [-0.2, -0.15) is 4.98 Å². The van der Waals surface area contributed by atoms with Gasteiger partial charge in [-0.1, -0.05) is 35.5 Å². The van der Waals surface area contributed by atoms with Crippen LogP contribution in [0.2, 0.25) is 0 Å². The highest BCUT2D eigenvalue weighted by Crippen LogP contribution is 2.15. The normalized spacial score (nSPS) is 11.4. The van der Waals surface area contributed by atoms with Gasteiger partial charge in [-0.15, -0.1) is 0 Å². The van der Waals surface area contributed by atoms with Crippen molar-refractivity contribution in [2.24, 2.45) is 5.10 Å². The van der Waals surface area contributed by atoms with E-state index in [2.05, 4.69) is 15.2 Å². The SMILES string of the molecule is CN(C)/N=C(\c1nc(-c2ccccc2)no1)[N+](=O)[O-]. The molecule has 0 amide bonds. The van der Waals surface area contributed by atoms with E-state index in [1.807, 2.05) is 18.2 Å². The van der Waals surface area contributed by atoms with Gasteiger partial charge in [0.05, 0.1) is 5.10 Å². The van der Waals surface area contributed by atoms with E-state index in [0.717, 1.165) is 0 Å². The van der Waals surface area contributed by atoms with E-state index in [0.29, 0.717) is 5.56 Å². The summed E-state index contributed by atoms with van der Waals surface area (Å²) in [5.74, 6) is -0.429. The van der Waals surface area contributed by atoms with Crippen molar-refractivity contribution in [3.8, 4) is 11.4 Å².